The van der Waals surface area contributed by atoms with Gasteiger partial charge in [0.1, 0.15) is 6.61 Å². The number of allylic oxidation sites excluding steroid dienone is 1. The van der Waals surface area contributed by atoms with Gasteiger partial charge in [-0.25, -0.2) is 4.39 Å². The van der Waals surface area contributed by atoms with Crippen LogP contribution < -0.4 is 4.74 Å². The Morgan fingerprint density at radius 2 is 2.31 bits per heavy atom. The lowest BCUT2D eigenvalue weighted by molar-refractivity contribution is -0.136. The number of aliphatic carboxylic acids is 1. The van der Waals surface area contributed by atoms with Gasteiger partial charge in [-0.2, -0.15) is 0 Å². The molecule has 3 nitrogen and oxygen atoms in total. The van der Waals surface area contributed by atoms with Gasteiger partial charge in [-0.05, 0) is 24.6 Å². The fourth-order valence-corrected chi connectivity index (χ4v) is 1.18. The Morgan fingerprint density at radius 1 is 1.56 bits per heavy atom. The highest BCUT2D eigenvalue weighted by molar-refractivity contribution is 5.70. The van der Waals surface area contributed by atoms with Crippen LogP contribution in [0.25, 0.3) is 0 Å². The van der Waals surface area contributed by atoms with E-state index in [4.69, 9.17) is 9.84 Å². The van der Waals surface area contributed by atoms with Crippen molar-refractivity contribution in [2.24, 2.45) is 0 Å². The van der Waals surface area contributed by atoms with Crippen molar-refractivity contribution in [1.29, 1.82) is 0 Å². The SMILES string of the molecule is CC=CCOc1ccc(CC(=O)O)cc1F. The third kappa shape index (κ3) is 3.73. The summed E-state index contributed by atoms with van der Waals surface area (Å²) in [6.45, 7) is 2.14. The minimum Gasteiger partial charge on any atom is -0.486 e. The summed E-state index contributed by atoms with van der Waals surface area (Å²) in [4.78, 5) is 10.4. The fraction of sp³-hybridized carbons (Fsp3) is 0.250. The lowest BCUT2D eigenvalue weighted by atomic mass is 10.1. The molecule has 0 aliphatic carbocycles. The van der Waals surface area contributed by atoms with E-state index in [1.807, 2.05) is 6.92 Å². The van der Waals surface area contributed by atoms with Gasteiger partial charge in [0.05, 0.1) is 6.42 Å². The van der Waals surface area contributed by atoms with Gasteiger partial charge < -0.3 is 9.84 Å². The maximum Gasteiger partial charge on any atom is 0.307 e. The van der Waals surface area contributed by atoms with Gasteiger partial charge in [0.15, 0.2) is 11.6 Å². The molecular formula is C12H13FO3. The summed E-state index contributed by atoms with van der Waals surface area (Å²) in [7, 11) is 0. The van der Waals surface area contributed by atoms with E-state index in [2.05, 4.69) is 0 Å². The normalized spacial score (nSPS) is 10.6. The summed E-state index contributed by atoms with van der Waals surface area (Å²) < 4.78 is 18.5. The Hall–Kier alpha value is -1.84. The average molecular weight is 224 g/mol. The van der Waals surface area contributed by atoms with Crippen LogP contribution in [-0.2, 0) is 11.2 Å². The van der Waals surface area contributed by atoms with E-state index in [9.17, 15) is 9.18 Å². The van der Waals surface area contributed by atoms with Gasteiger partial charge in [0.25, 0.3) is 0 Å². The number of hydrogen-bond acceptors (Lipinski definition) is 2. The molecule has 1 aromatic rings. The van der Waals surface area contributed by atoms with Crippen LogP contribution in [0.1, 0.15) is 12.5 Å². The van der Waals surface area contributed by atoms with Crippen LogP contribution in [0, 0.1) is 5.82 Å². The van der Waals surface area contributed by atoms with Crippen molar-refractivity contribution in [1.82, 2.24) is 0 Å². The second-order valence-corrected chi connectivity index (χ2v) is 3.22. The third-order valence-corrected chi connectivity index (χ3v) is 1.92. The van der Waals surface area contributed by atoms with Crippen LogP contribution in [0.2, 0.25) is 0 Å². The Labute approximate surface area is 93.2 Å². The first-order valence-corrected chi connectivity index (χ1v) is 4.87. The summed E-state index contributed by atoms with van der Waals surface area (Å²) >= 11 is 0. The zero-order valence-electron chi connectivity index (χ0n) is 8.94. The molecule has 0 atom stereocenters. The van der Waals surface area contributed by atoms with Crippen molar-refractivity contribution in [3.8, 4) is 5.75 Å². The van der Waals surface area contributed by atoms with E-state index in [0.29, 0.717) is 12.2 Å². The first-order chi connectivity index (χ1) is 7.63. The number of carboxylic acids is 1. The fourth-order valence-electron chi connectivity index (χ4n) is 1.18. The zero-order valence-corrected chi connectivity index (χ0v) is 8.94. The maximum atomic E-state index is 13.4. The zero-order chi connectivity index (χ0) is 12.0. The van der Waals surface area contributed by atoms with Gasteiger partial charge in [0, 0.05) is 0 Å². The van der Waals surface area contributed by atoms with Gasteiger partial charge in [-0.1, -0.05) is 18.2 Å². The second kappa shape index (κ2) is 5.90. The van der Waals surface area contributed by atoms with Crippen molar-refractivity contribution < 1.29 is 19.0 Å². The molecule has 0 bridgehead atoms. The predicted octanol–water partition coefficient (Wildman–Crippen LogP) is 2.41. The first kappa shape index (κ1) is 12.2. The van der Waals surface area contributed by atoms with E-state index >= 15 is 0 Å². The van der Waals surface area contributed by atoms with E-state index < -0.39 is 11.8 Å². The topological polar surface area (TPSA) is 46.5 Å². The molecule has 0 radical (unpaired) electrons. The molecule has 1 rings (SSSR count). The van der Waals surface area contributed by atoms with Gasteiger partial charge >= 0.3 is 5.97 Å². The first-order valence-electron chi connectivity index (χ1n) is 4.87. The lowest BCUT2D eigenvalue weighted by Crippen LogP contribution is -2.02. The smallest absolute Gasteiger partial charge is 0.307 e. The number of carboxylic acid groups (broad SMARTS) is 1. The van der Waals surface area contributed by atoms with E-state index in [1.165, 1.54) is 12.1 Å². The quantitative estimate of drug-likeness (QED) is 0.781. The van der Waals surface area contributed by atoms with Crippen molar-refractivity contribution in [2.75, 3.05) is 6.61 Å². The van der Waals surface area contributed by atoms with Crippen molar-refractivity contribution in [3.63, 3.8) is 0 Å². The number of rotatable bonds is 5. The number of carbonyl (C=O) groups is 1. The molecule has 86 valence electrons. The minimum absolute atomic E-state index is 0.132. The Kier molecular flexibility index (Phi) is 4.51. The molecule has 0 unspecified atom stereocenters. The standard InChI is InChI=1S/C12H13FO3/c1-2-3-6-16-11-5-4-9(7-10(11)13)8-12(14)15/h2-5,7H,6,8H2,1H3,(H,14,15). The molecule has 0 spiro atoms. The van der Waals surface area contributed by atoms with Gasteiger partial charge in [-0.3, -0.25) is 4.79 Å². The van der Waals surface area contributed by atoms with E-state index in [-0.39, 0.29) is 12.2 Å². The largest absolute Gasteiger partial charge is 0.486 e. The molecule has 0 amide bonds. The summed E-state index contributed by atoms with van der Waals surface area (Å²) in [5.74, 6) is -1.39. The highest BCUT2D eigenvalue weighted by atomic mass is 19.1. The highest BCUT2D eigenvalue weighted by Gasteiger charge is 2.06. The Balaban J connectivity index is 2.71. The van der Waals surface area contributed by atoms with Crippen LogP contribution in [0.5, 0.6) is 5.75 Å². The van der Waals surface area contributed by atoms with Crippen LogP contribution in [0.3, 0.4) is 0 Å². The van der Waals surface area contributed by atoms with E-state index in [0.717, 1.165) is 0 Å². The third-order valence-electron chi connectivity index (χ3n) is 1.92. The molecule has 0 aromatic heterocycles. The summed E-state index contributed by atoms with van der Waals surface area (Å²) in [5.41, 5.74) is 0.420. The summed E-state index contributed by atoms with van der Waals surface area (Å²) in [6.07, 6.45) is 3.37. The van der Waals surface area contributed by atoms with Crippen LogP contribution >= 0.6 is 0 Å². The molecule has 0 heterocycles. The predicted molar refractivity (Wildman–Crippen MR) is 58.0 cm³/mol. The van der Waals surface area contributed by atoms with Crippen LogP contribution in [-0.4, -0.2) is 17.7 Å². The number of ether oxygens (including phenoxy) is 1. The van der Waals surface area contributed by atoms with Gasteiger partial charge in [-0.15, -0.1) is 0 Å². The van der Waals surface area contributed by atoms with Crippen molar-refractivity contribution in [2.45, 2.75) is 13.3 Å². The van der Waals surface area contributed by atoms with Crippen LogP contribution in [0.15, 0.2) is 30.4 Å². The average Bonchev–Trinajstić information content (AvgIpc) is 2.20. The second-order valence-electron chi connectivity index (χ2n) is 3.22. The number of benzene rings is 1. The summed E-state index contributed by atoms with van der Waals surface area (Å²) in [5, 5.41) is 8.54. The Morgan fingerprint density at radius 3 is 2.88 bits per heavy atom. The molecule has 1 aromatic carbocycles. The molecule has 1 N–H and O–H groups in total. The molecule has 0 aliphatic rings. The highest BCUT2D eigenvalue weighted by Crippen LogP contribution is 2.18. The minimum atomic E-state index is -0.984. The number of hydrogen-bond donors (Lipinski definition) is 1. The van der Waals surface area contributed by atoms with Crippen molar-refractivity contribution in [3.05, 3.63) is 41.7 Å². The van der Waals surface area contributed by atoms with Crippen molar-refractivity contribution >= 4 is 5.97 Å². The lowest BCUT2D eigenvalue weighted by Gasteiger charge is -2.05. The van der Waals surface area contributed by atoms with Gasteiger partial charge in [0.2, 0.25) is 0 Å². The molecule has 0 fully saturated rings. The van der Waals surface area contributed by atoms with Crippen LogP contribution in [0.4, 0.5) is 4.39 Å². The number of halogens is 1. The maximum absolute atomic E-state index is 13.4. The van der Waals surface area contributed by atoms with E-state index in [1.54, 1.807) is 18.2 Å². The summed E-state index contributed by atoms with van der Waals surface area (Å²) in [6, 6.07) is 4.17. The Bertz CT molecular complexity index is 399. The molecule has 4 heteroatoms. The molecule has 0 saturated carbocycles. The molecule has 0 saturated heterocycles. The molecular weight excluding hydrogens is 211 g/mol. The monoisotopic (exact) mass is 224 g/mol. The molecule has 16 heavy (non-hydrogen) atoms. The molecule has 0 aliphatic heterocycles.